The SMILES string of the molecule is COc1ccc(C=C(Cl)C(=O)c2ccc(OC)c(OC)c2OC)cc1N(C)C. The largest absolute Gasteiger partial charge is 0.495 e. The molecule has 6 nitrogen and oxygen atoms in total. The number of ether oxygens (including phenoxy) is 4. The van der Waals surface area contributed by atoms with Crippen molar-refractivity contribution < 1.29 is 23.7 Å². The van der Waals surface area contributed by atoms with E-state index in [4.69, 9.17) is 30.5 Å². The Morgan fingerprint density at radius 1 is 0.893 bits per heavy atom. The van der Waals surface area contributed by atoms with Crippen molar-refractivity contribution in [2.45, 2.75) is 0 Å². The number of ketones is 1. The van der Waals surface area contributed by atoms with E-state index >= 15 is 0 Å². The first-order valence-electron chi connectivity index (χ1n) is 8.44. The first kappa shape index (κ1) is 21.4. The fraction of sp³-hybridized carbons (Fsp3) is 0.286. The number of carbonyl (C=O) groups excluding carboxylic acids is 1. The Morgan fingerprint density at radius 2 is 1.50 bits per heavy atom. The number of nitrogens with zero attached hydrogens (tertiary/aromatic N) is 1. The molecule has 0 amide bonds. The summed E-state index contributed by atoms with van der Waals surface area (Å²) >= 11 is 6.34. The van der Waals surface area contributed by atoms with E-state index in [9.17, 15) is 4.79 Å². The second-order valence-corrected chi connectivity index (χ2v) is 6.44. The van der Waals surface area contributed by atoms with E-state index < -0.39 is 0 Å². The number of carbonyl (C=O) groups is 1. The molecule has 0 unspecified atom stereocenters. The van der Waals surface area contributed by atoms with Crippen molar-refractivity contribution >= 4 is 29.1 Å². The monoisotopic (exact) mass is 405 g/mol. The maximum absolute atomic E-state index is 12.9. The van der Waals surface area contributed by atoms with Crippen molar-refractivity contribution in [2.24, 2.45) is 0 Å². The molecule has 0 aromatic heterocycles. The summed E-state index contributed by atoms with van der Waals surface area (Å²) in [5.41, 5.74) is 1.92. The van der Waals surface area contributed by atoms with Crippen LogP contribution in [0.4, 0.5) is 5.69 Å². The predicted octanol–water partition coefficient (Wildman–Crippen LogP) is 4.25. The molecule has 0 fully saturated rings. The number of rotatable bonds is 8. The molecule has 7 heteroatoms. The molecule has 28 heavy (non-hydrogen) atoms. The van der Waals surface area contributed by atoms with Crippen LogP contribution in [-0.2, 0) is 0 Å². The Morgan fingerprint density at radius 3 is 2.04 bits per heavy atom. The van der Waals surface area contributed by atoms with Gasteiger partial charge in [-0.2, -0.15) is 0 Å². The van der Waals surface area contributed by atoms with E-state index in [1.807, 2.05) is 37.2 Å². The lowest BCUT2D eigenvalue weighted by Gasteiger charge is -2.17. The molecule has 150 valence electrons. The summed E-state index contributed by atoms with van der Waals surface area (Å²) in [6.07, 6.45) is 1.60. The zero-order chi connectivity index (χ0) is 20.8. The standard InChI is InChI=1S/C21H24ClNO5/c1-23(2)16-12-13(7-9-17(16)25-3)11-15(22)19(24)14-8-10-18(26-4)21(28-6)20(14)27-5/h7-12H,1-6H3. The predicted molar refractivity (Wildman–Crippen MR) is 112 cm³/mol. The molecular formula is C21H24ClNO5. The Balaban J connectivity index is 2.46. The van der Waals surface area contributed by atoms with Crippen LogP contribution in [0.25, 0.3) is 6.08 Å². The van der Waals surface area contributed by atoms with Crippen molar-refractivity contribution in [1.82, 2.24) is 0 Å². The van der Waals surface area contributed by atoms with Gasteiger partial charge in [-0.15, -0.1) is 0 Å². The third-order valence-corrected chi connectivity index (χ3v) is 4.42. The van der Waals surface area contributed by atoms with Gasteiger partial charge < -0.3 is 23.8 Å². The first-order valence-corrected chi connectivity index (χ1v) is 8.81. The van der Waals surface area contributed by atoms with Crippen molar-refractivity contribution in [3.05, 3.63) is 46.5 Å². The van der Waals surface area contributed by atoms with Crippen LogP contribution < -0.4 is 23.8 Å². The van der Waals surface area contributed by atoms with Crippen LogP contribution in [-0.4, -0.2) is 48.3 Å². The van der Waals surface area contributed by atoms with E-state index in [1.165, 1.54) is 21.3 Å². The van der Waals surface area contributed by atoms with Gasteiger partial charge in [0.1, 0.15) is 5.75 Å². The minimum absolute atomic E-state index is 0.0420. The summed E-state index contributed by atoms with van der Waals surface area (Å²) < 4.78 is 21.3. The van der Waals surface area contributed by atoms with E-state index in [0.717, 1.165) is 17.0 Å². The summed E-state index contributed by atoms with van der Waals surface area (Å²) in [7, 11) is 9.87. The highest BCUT2D eigenvalue weighted by atomic mass is 35.5. The normalized spacial score (nSPS) is 11.0. The maximum atomic E-state index is 12.9. The van der Waals surface area contributed by atoms with Gasteiger partial charge in [0.15, 0.2) is 11.5 Å². The molecule has 2 rings (SSSR count). The average molecular weight is 406 g/mol. The van der Waals surface area contributed by atoms with Crippen LogP contribution in [0.5, 0.6) is 23.0 Å². The van der Waals surface area contributed by atoms with Crippen LogP contribution >= 0.6 is 11.6 Å². The third kappa shape index (κ3) is 4.34. The Kier molecular flexibility index (Phi) is 7.18. The molecule has 0 heterocycles. The smallest absolute Gasteiger partial charge is 0.208 e. The zero-order valence-corrected chi connectivity index (χ0v) is 17.6. The van der Waals surface area contributed by atoms with Crippen LogP contribution in [0.1, 0.15) is 15.9 Å². The highest BCUT2D eigenvalue weighted by Crippen LogP contribution is 2.41. The van der Waals surface area contributed by atoms with Crippen molar-refractivity contribution in [1.29, 1.82) is 0 Å². The summed E-state index contributed by atoms with van der Waals surface area (Å²) in [6.45, 7) is 0. The molecule has 0 atom stereocenters. The molecule has 0 radical (unpaired) electrons. The highest BCUT2D eigenvalue weighted by Gasteiger charge is 2.22. The summed E-state index contributed by atoms with van der Waals surface area (Å²) in [5, 5.41) is 0.0420. The molecular weight excluding hydrogens is 382 g/mol. The van der Waals surface area contributed by atoms with E-state index in [-0.39, 0.29) is 22.1 Å². The van der Waals surface area contributed by atoms with Gasteiger partial charge in [-0.25, -0.2) is 0 Å². The molecule has 2 aromatic rings. The van der Waals surface area contributed by atoms with Gasteiger partial charge in [0.25, 0.3) is 0 Å². The van der Waals surface area contributed by atoms with E-state index in [1.54, 1.807) is 25.3 Å². The maximum Gasteiger partial charge on any atom is 0.208 e. The van der Waals surface area contributed by atoms with Crippen molar-refractivity contribution in [3.63, 3.8) is 0 Å². The van der Waals surface area contributed by atoms with Gasteiger partial charge in [-0.3, -0.25) is 4.79 Å². The number of anilines is 1. The number of methoxy groups -OCH3 is 4. The molecule has 0 aliphatic carbocycles. The van der Waals surface area contributed by atoms with Gasteiger partial charge >= 0.3 is 0 Å². The quantitative estimate of drug-likeness (QED) is 0.483. The number of allylic oxidation sites excluding steroid dienone is 1. The van der Waals surface area contributed by atoms with Gasteiger partial charge in [-0.1, -0.05) is 17.7 Å². The fourth-order valence-electron chi connectivity index (χ4n) is 2.77. The van der Waals surface area contributed by atoms with Gasteiger partial charge in [0, 0.05) is 14.1 Å². The van der Waals surface area contributed by atoms with Crippen LogP contribution in [0, 0.1) is 0 Å². The van der Waals surface area contributed by atoms with Crippen LogP contribution in [0.3, 0.4) is 0 Å². The Labute approximate surface area is 170 Å². The second kappa shape index (κ2) is 9.37. The average Bonchev–Trinajstić information content (AvgIpc) is 2.71. The molecule has 0 saturated carbocycles. The summed E-state index contributed by atoms with van der Waals surface area (Å²) in [4.78, 5) is 14.8. The fourth-order valence-corrected chi connectivity index (χ4v) is 2.99. The van der Waals surface area contributed by atoms with Gasteiger partial charge in [0.05, 0.1) is 44.7 Å². The lowest BCUT2D eigenvalue weighted by molar-refractivity contribution is 0.103. The molecule has 0 spiro atoms. The molecule has 0 bridgehead atoms. The second-order valence-electron chi connectivity index (χ2n) is 6.03. The van der Waals surface area contributed by atoms with Crippen molar-refractivity contribution in [3.8, 4) is 23.0 Å². The number of Topliss-reactive ketones (excluding diaryl/α,β-unsaturated/α-hetero) is 1. The number of benzene rings is 2. The molecule has 0 aliphatic rings. The van der Waals surface area contributed by atoms with Crippen LogP contribution in [0.2, 0.25) is 0 Å². The third-order valence-electron chi connectivity index (χ3n) is 4.14. The first-order chi connectivity index (χ1) is 13.4. The number of halogens is 1. The van der Waals surface area contributed by atoms with Crippen LogP contribution in [0.15, 0.2) is 35.4 Å². The Hall–Kier alpha value is -2.86. The molecule has 2 aromatic carbocycles. The number of hydrogen-bond donors (Lipinski definition) is 0. The van der Waals surface area contributed by atoms with E-state index in [2.05, 4.69) is 0 Å². The lowest BCUT2D eigenvalue weighted by Crippen LogP contribution is -2.10. The highest BCUT2D eigenvalue weighted by molar-refractivity contribution is 6.47. The van der Waals surface area contributed by atoms with Gasteiger partial charge in [0.2, 0.25) is 11.5 Å². The Bertz CT molecular complexity index is 893. The summed E-state index contributed by atoms with van der Waals surface area (Å²) in [5.74, 6) is 1.40. The molecule has 0 saturated heterocycles. The summed E-state index contributed by atoms with van der Waals surface area (Å²) in [6, 6.07) is 8.77. The minimum Gasteiger partial charge on any atom is -0.495 e. The molecule has 0 N–H and O–H groups in total. The van der Waals surface area contributed by atoms with Gasteiger partial charge in [-0.05, 0) is 35.9 Å². The zero-order valence-electron chi connectivity index (χ0n) is 16.8. The molecule has 0 aliphatic heterocycles. The lowest BCUT2D eigenvalue weighted by atomic mass is 10.1. The minimum atomic E-state index is -0.387. The topological polar surface area (TPSA) is 57.2 Å². The van der Waals surface area contributed by atoms with E-state index in [0.29, 0.717) is 11.5 Å². The number of hydrogen-bond acceptors (Lipinski definition) is 6. The van der Waals surface area contributed by atoms with Crippen molar-refractivity contribution in [2.75, 3.05) is 47.4 Å².